The van der Waals surface area contributed by atoms with E-state index < -0.39 is 11.7 Å². The van der Waals surface area contributed by atoms with Crippen molar-refractivity contribution in [1.29, 1.82) is 5.41 Å². The normalized spacial score (nSPS) is 10.1. The van der Waals surface area contributed by atoms with E-state index in [9.17, 15) is 9.59 Å². The maximum absolute atomic E-state index is 11.3. The summed E-state index contributed by atoms with van der Waals surface area (Å²) in [5.74, 6) is -0.0389. The molecule has 0 spiro atoms. The van der Waals surface area contributed by atoms with Crippen molar-refractivity contribution in [2.45, 2.75) is 39.7 Å². The number of amidine groups is 1. The number of hydroxylamine groups is 2. The molecule has 4 N–H and O–H groups in total. The topological polar surface area (TPSA) is 121 Å². The standard InChI is InChI=1S/C8H18N4O2.C5H11NO2.H2/c1-5-10-11(2)7(9)6-8(13)12(3)14-4;1-5(2,3)8-4(6)7;/h9-10H,5-6H2,1-4H3;1-3H3,(H2,6,7);1H. The molecule has 0 aromatic heterocycles. The molecule has 0 aromatic rings. The highest BCUT2D eigenvalue weighted by molar-refractivity contribution is 5.97. The number of hydrogen-bond donors (Lipinski definition) is 3. The number of ether oxygens (including phenoxy) is 1. The second-order valence-electron chi connectivity index (χ2n) is 5.30. The van der Waals surface area contributed by atoms with Gasteiger partial charge in [0, 0.05) is 22.1 Å². The smallest absolute Gasteiger partial charge is 0.405 e. The molecule has 0 fully saturated rings. The lowest BCUT2D eigenvalue weighted by Crippen LogP contribution is -2.41. The second kappa shape index (κ2) is 10.8. The quantitative estimate of drug-likeness (QED) is 0.394. The lowest BCUT2D eigenvalue weighted by Gasteiger charge is -2.21. The summed E-state index contributed by atoms with van der Waals surface area (Å²) in [6, 6.07) is 0. The number of carbonyl (C=O) groups excluding carboxylic acids is 2. The monoisotopic (exact) mass is 321 g/mol. The Labute approximate surface area is 133 Å². The molecule has 0 aromatic carbocycles. The third kappa shape index (κ3) is 13.1. The molecule has 9 heteroatoms. The molecule has 22 heavy (non-hydrogen) atoms. The molecule has 0 radical (unpaired) electrons. The van der Waals surface area contributed by atoms with Gasteiger partial charge in [-0.3, -0.25) is 20.1 Å². The van der Waals surface area contributed by atoms with Crippen molar-refractivity contribution < 1.29 is 20.6 Å². The summed E-state index contributed by atoms with van der Waals surface area (Å²) in [6.45, 7) is 7.92. The summed E-state index contributed by atoms with van der Waals surface area (Å²) in [7, 11) is 4.63. The van der Waals surface area contributed by atoms with E-state index in [1.807, 2.05) is 6.92 Å². The van der Waals surface area contributed by atoms with Crippen LogP contribution in [0.5, 0.6) is 0 Å². The van der Waals surface area contributed by atoms with Crippen LogP contribution in [0.4, 0.5) is 4.79 Å². The number of rotatable bonds is 5. The van der Waals surface area contributed by atoms with Gasteiger partial charge in [0.2, 0.25) is 0 Å². The first kappa shape index (κ1) is 22.4. The number of primary amides is 1. The molecular weight excluding hydrogens is 290 g/mol. The van der Waals surface area contributed by atoms with Crippen molar-refractivity contribution in [3.8, 4) is 0 Å². The van der Waals surface area contributed by atoms with Crippen LogP contribution in [0.1, 0.15) is 35.5 Å². The second-order valence-corrected chi connectivity index (χ2v) is 5.30. The van der Waals surface area contributed by atoms with Gasteiger partial charge in [-0.15, -0.1) is 0 Å². The third-order valence-electron chi connectivity index (χ3n) is 2.15. The van der Waals surface area contributed by atoms with Crippen LogP contribution in [-0.4, -0.2) is 61.3 Å². The van der Waals surface area contributed by atoms with Crippen LogP contribution < -0.4 is 11.2 Å². The van der Waals surface area contributed by atoms with Crippen LogP contribution in [0, 0.1) is 5.41 Å². The number of hydrazine groups is 1. The Hall–Kier alpha value is -1.87. The van der Waals surface area contributed by atoms with E-state index >= 15 is 0 Å². The summed E-state index contributed by atoms with van der Waals surface area (Å²) >= 11 is 0. The van der Waals surface area contributed by atoms with Crippen molar-refractivity contribution >= 4 is 17.8 Å². The van der Waals surface area contributed by atoms with Crippen LogP contribution in [0.2, 0.25) is 0 Å². The minimum absolute atomic E-state index is 0. The van der Waals surface area contributed by atoms with Gasteiger partial charge in [-0.05, 0) is 20.8 Å². The van der Waals surface area contributed by atoms with E-state index in [-0.39, 0.29) is 19.6 Å². The van der Waals surface area contributed by atoms with Crippen LogP contribution in [0.15, 0.2) is 0 Å². The molecule has 0 saturated heterocycles. The fraction of sp³-hybridized carbons (Fsp3) is 0.769. The number of nitrogens with one attached hydrogen (secondary N) is 2. The first-order valence-corrected chi connectivity index (χ1v) is 6.78. The van der Waals surface area contributed by atoms with Gasteiger partial charge in [0.25, 0.3) is 5.91 Å². The van der Waals surface area contributed by atoms with Gasteiger partial charge in [0.1, 0.15) is 11.4 Å². The Balaban J connectivity index is -0.000000382. The van der Waals surface area contributed by atoms with Crippen LogP contribution in [0.3, 0.4) is 0 Å². The molecule has 0 unspecified atom stereocenters. The van der Waals surface area contributed by atoms with Crippen LogP contribution >= 0.6 is 0 Å². The molecular formula is C13H31N5O4. The minimum Gasteiger partial charge on any atom is -0.444 e. The third-order valence-corrected chi connectivity index (χ3v) is 2.15. The van der Waals surface area contributed by atoms with Gasteiger partial charge in [0.15, 0.2) is 0 Å². The summed E-state index contributed by atoms with van der Waals surface area (Å²) in [4.78, 5) is 26.0. The van der Waals surface area contributed by atoms with Gasteiger partial charge in [-0.2, -0.15) is 0 Å². The molecule has 132 valence electrons. The Kier molecular flexibility index (Phi) is 11.0. The van der Waals surface area contributed by atoms with E-state index in [1.54, 1.807) is 27.8 Å². The predicted octanol–water partition coefficient (Wildman–Crippen LogP) is 0.956. The van der Waals surface area contributed by atoms with Gasteiger partial charge < -0.3 is 10.5 Å². The van der Waals surface area contributed by atoms with Crippen molar-refractivity contribution in [1.82, 2.24) is 15.5 Å². The highest BCUT2D eigenvalue weighted by Crippen LogP contribution is 2.04. The lowest BCUT2D eigenvalue weighted by atomic mass is 10.2. The SMILES string of the molecule is CC(C)(C)OC(N)=O.CCNN(C)C(=N)CC(=O)N(C)OC.[HH]. The summed E-state index contributed by atoms with van der Waals surface area (Å²) < 4.78 is 4.58. The number of amides is 2. The molecule has 2 amide bonds. The van der Waals surface area contributed by atoms with Gasteiger partial charge >= 0.3 is 6.09 Å². The largest absolute Gasteiger partial charge is 0.444 e. The van der Waals surface area contributed by atoms with E-state index in [1.165, 1.54) is 19.2 Å². The molecule has 0 rings (SSSR count). The Morgan fingerprint density at radius 2 is 1.82 bits per heavy atom. The fourth-order valence-corrected chi connectivity index (χ4v) is 1.11. The zero-order valence-corrected chi connectivity index (χ0v) is 14.5. The number of nitrogens with two attached hydrogens (primary N) is 1. The Morgan fingerprint density at radius 1 is 1.32 bits per heavy atom. The number of nitrogens with zero attached hydrogens (tertiary/aromatic N) is 2. The molecule has 0 heterocycles. The average Bonchev–Trinajstić information content (AvgIpc) is 2.35. The first-order valence-electron chi connectivity index (χ1n) is 6.78. The average molecular weight is 321 g/mol. The zero-order chi connectivity index (χ0) is 17.9. The summed E-state index contributed by atoms with van der Waals surface area (Å²) in [6.07, 6.45) is -0.703. The molecule has 0 aliphatic carbocycles. The zero-order valence-electron chi connectivity index (χ0n) is 14.5. The molecule has 0 saturated carbocycles. The molecule has 0 bridgehead atoms. The van der Waals surface area contributed by atoms with Gasteiger partial charge in [-0.25, -0.2) is 15.3 Å². The minimum atomic E-state index is -0.725. The highest BCUT2D eigenvalue weighted by atomic mass is 16.7. The van der Waals surface area contributed by atoms with Crippen LogP contribution in [0.25, 0.3) is 0 Å². The van der Waals surface area contributed by atoms with E-state index in [0.717, 1.165) is 5.06 Å². The van der Waals surface area contributed by atoms with Gasteiger partial charge in [-0.1, -0.05) is 6.92 Å². The number of hydrogen-bond acceptors (Lipinski definition) is 6. The maximum Gasteiger partial charge on any atom is 0.405 e. The number of carbonyl (C=O) groups is 2. The van der Waals surface area contributed by atoms with Crippen molar-refractivity contribution in [2.24, 2.45) is 5.73 Å². The van der Waals surface area contributed by atoms with Gasteiger partial charge in [0.05, 0.1) is 13.5 Å². The molecule has 0 aliphatic heterocycles. The highest BCUT2D eigenvalue weighted by Gasteiger charge is 2.13. The Bertz CT molecular complexity index is 374. The molecule has 9 nitrogen and oxygen atoms in total. The predicted molar refractivity (Wildman–Crippen MR) is 86.1 cm³/mol. The summed E-state index contributed by atoms with van der Waals surface area (Å²) in [5, 5.41) is 10.2. The molecule has 0 aliphatic rings. The maximum atomic E-state index is 11.3. The molecule has 0 atom stereocenters. The van der Waals surface area contributed by atoms with E-state index in [4.69, 9.17) is 16.0 Å². The van der Waals surface area contributed by atoms with Crippen molar-refractivity contribution in [2.75, 3.05) is 27.7 Å². The van der Waals surface area contributed by atoms with Crippen LogP contribution in [-0.2, 0) is 14.4 Å². The first-order chi connectivity index (χ1) is 9.94. The van der Waals surface area contributed by atoms with E-state index in [0.29, 0.717) is 6.54 Å². The summed E-state index contributed by atoms with van der Waals surface area (Å²) in [5.41, 5.74) is 7.17. The lowest BCUT2D eigenvalue weighted by molar-refractivity contribution is -0.167. The fourth-order valence-electron chi connectivity index (χ4n) is 1.11. The van der Waals surface area contributed by atoms with Crippen molar-refractivity contribution in [3.05, 3.63) is 0 Å². The Morgan fingerprint density at radius 3 is 2.09 bits per heavy atom. The van der Waals surface area contributed by atoms with E-state index in [2.05, 4.69) is 10.2 Å². The van der Waals surface area contributed by atoms with Crippen molar-refractivity contribution in [3.63, 3.8) is 0 Å².